The van der Waals surface area contributed by atoms with E-state index in [-0.39, 0.29) is 6.61 Å². The number of aromatic nitrogens is 4. The lowest BCUT2D eigenvalue weighted by molar-refractivity contribution is 0.216. The molecule has 1 N–H and O–H groups in total. The van der Waals surface area contributed by atoms with Crippen molar-refractivity contribution in [2.45, 2.75) is 13.1 Å². The molecule has 0 fully saturated rings. The van der Waals surface area contributed by atoms with Gasteiger partial charge in [0.25, 0.3) is 0 Å². The first-order chi connectivity index (χ1) is 8.78. The van der Waals surface area contributed by atoms with Crippen molar-refractivity contribution >= 4 is 0 Å². The van der Waals surface area contributed by atoms with Crippen molar-refractivity contribution in [3.63, 3.8) is 0 Å². The number of hydrogen-bond acceptors (Lipinski definition) is 5. The largest absolute Gasteiger partial charge is 0.395 e. The van der Waals surface area contributed by atoms with E-state index >= 15 is 0 Å². The molecule has 0 saturated carbocycles. The summed E-state index contributed by atoms with van der Waals surface area (Å²) in [6, 6.07) is 5.80. The summed E-state index contributed by atoms with van der Waals surface area (Å²) in [5.74, 6) is 0. The van der Waals surface area contributed by atoms with E-state index in [4.69, 9.17) is 5.11 Å². The van der Waals surface area contributed by atoms with Gasteiger partial charge in [0.15, 0.2) is 0 Å². The van der Waals surface area contributed by atoms with E-state index < -0.39 is 0 Å². The molecule has 0 aliphatic carbocycles. The Morgan fingerprint density at radius 2 is 2.22 bits per heavy atom. The molecule has 0 amide bonds. The van der Waals surface area contributed by atoms with Crippen LogP contribution in [0.2, 0.25) is 0 Å². The standard InChI is InChI=1S/C12H17N5O/c1-16(6-7-18)8-12-10-17(15-14-12)9-11-4-2-3-5-13-11/h2-5,10,18H,6-9H2,1H3. The third-order valence-corrected chi connectivity index (χ3v) is 2.55. The highest BCUT2D eigenvalue weighted by molar-refractivity contribution is 5.04. The Bertz CT molecular complexity index is 470. The fourth-order valence-corrected chi connectivity index (χ4v) is 1.67. The Morgan fingerprint density at radius 1 is 1.33 bits per heavy atom. The second-order valence-corrected chi connectivity index (χ2v) is 4.19. The molecule has 6 heteroatoms. The van der Waals surface area contributed by atoms with Crippen LogP contribution in [0.3, 0.4) is 0 Å². The van der Waals surface area contributed by atoms with Crippen LogP contribution in [0.4, 0.5) is 0 Å². The van der Waals surface area contributed by atoms with Gasteiger partial charge in [-0.2, -0.15) is 0 Å². The first-order valence-electron chi connectivity index (χ1n) is 5.86. The third-order valence-electron chi connectivity index (χ3n) is 2.55. The van der Waals surface area contributed by atoms with E-state index in [1.54, 1.807) is 10.9 Å². The van der Waals surface area contributed by atoms with Crippen molar-refractivity contribution in [1.82, 2.24) is 24.9 Å². The molecule has 0 atom stereocenters. The Kier molecular flexibility index (Phi) is 4.38. The lowest BCUT2D eigenvalue weighted by Gasteiger charge is -2.11. The van der Waals surface area contributed by atoms with Gasteiger partial charge >= 0.3 is 0 Å². The van der Waals surface area contributed by atoms with Crippen molar-refractivity contribution in [2.24, 2.45) is 0 Å². The summed E-state index contributed by atoms with van der Waals surface area (Å²) >= 11 is 0. The maximum atomic E-state index is 8.82. The van der Waals surface area contributed by atoms with Crippen LogP contribution in [0.15, 0.2) is 30.6 Å². The monoisotopic (exact) mass is 247 g/mol. The van der Waals surface area contributed by atoms with Gasteiger partial charge in [-0.1, -0.05) is 11.3 Å². The van der Waals surface area contributed by atoms with E-state index in [0.717, 1.165) is 11.4 Å². The average molecular weight is 247 g/mol. The molecule has 96 valence electrons. The van der Waals surface area contributed by atoms with E-state index in [9.17, 15) is 0 Å². The van der Waals surface area contributed by atoms with Crippen LogP contribution in [-0.4, -0.2) is 50.2 Å². The van der Waals surface area contributed by atoms with Crippen LogP contribution in [-0.2, 0) is 13.1 Å². The zero-order chi connectivity index (χ0) is 12.8. The molecule has 0 aliphatic rings. The van der Waals surface area contributed by atoms with Gasteiger partial charge in [-0.3, -0.25) is 9.88 Å². The fraction of sp³-hybridized carbons (Fsp3) is 0.417. The molecule has 2 heterocycles. The van der Waals surface area contributed by atoms with Gasteiger partial charge in [0.05, 0.1) is 30.7 Å². The molecule has 0 spiro atoms. The molecular formula is C12H17N5O. The highest BCUT2D eigenvalue weighted by atomic mass is 16.3. The molecule has 2 aromatic rings. The maximum Gasteiger partial charge on any atom is 0.0967 e. The number of pyridine rings is 1. The smallest absolute Gasteiger partial charge is 0.0967 e. The molecule has 0 saturated heterocycles. The lowest BCUT2D eigenvalue weighted by atomic mass is 10.3. The normalized spacial score (nSPS) is 11.1. The topological polar surface area (TPSA) is 67.1 Å². The number of rotatable bonds is 6. The minimum Gasteiger partial charge on any atom is -0.395 e. The van der Waals surface area contributed by atoms with Crippen molar-refractivity contribution < 1.29 is 5.11 Å². The van der Waals surface area contributed by atoms with Gasteiger partial charge in [0.1, 0.15) is 0 Å². The molecule has 2 rings (SSSR count). The first-order valence-corrected chi connectivity index (χ1v) is 5.86. The van der Waals surface area contributed by atoms with Crippen molar-refractivity contribution in [1.29, 1.82) is 0 Å². The Labute approximate surface area is 106 Å². The second-order valence-electron chi connectivity index (χ2n) is 4.19. The van der Waals surface area contributed by atoms with Crippen molar-refractivity contribution in [3.8, 4) is 0 Å². The number of nitrogens with zero attached hydrogens (tertiary/aromatic N) is 5. The summed E-state index contributed by atoms with van der Waals surface area (Å²) in [6.07, 6.45) is 3.67. The first kappa shape index (κ1) is 12.7. The van der Waals surface area contributed by atoms with Crippen molar-refractivity contribution in [3.05, 3.63) is 42.0 Å². The van der Waals surface area contributed by atoms with Gasteiger partial charge in [-0.25, -0.2) is 4.68 Å². The molecule has 18 heavy (non-hydrogen) atoms. The van der Waals surface area contributed by atoms with Gasteiger partial charge in [0, 0.05) is 19.3 Å². The van der Waals surface area contributed by atoms with Crippen molar-refractivity contribution in [2.75, 3.05) is 20.2 Å². The summed E-state index contributed by atoms with van der Waals surface area (Å²) in [6.45, 7) is 2.09. The summed E-state index contributed by atoms with van der Waals surface area (Å²) in [5.41, 5.74) is 1.85. The molecule has 0 aliphatic heterocycles. The predicted molar refractivity (Wildman–Crippen MR) is 66.8 cm³/mol. The van der Waals surface area contributed by atoms with Gasteiger partial charge < -0.3 is 5.11 Å². The van der Waals surface area contributed by atoms with Gasteiger partial charge in [0.2, 0.25) is 0 Å². The van der Waals surface area contributed by atoms with Crippen LogP contribution in [0.5, 0.6) is 0 Å². The SMILES string of the molecule is CN(CCO)Cc1cn(Cc2ccccn2)nn1. The number of likely N-dealkylation sites (N-methyl/N-ethyl adjacent to an activating group) is 1. The van der Waals surface area contributed by atoms with Crippen LogP contribution in [0, 0.1) is 0 Å². The summed E-state index contributed by atoms with van der Waals surface area (Å²) in [5, 5.41) is 17.0. The van der Waals surface area contributed by atoms with Crippen LogP contribution >= 0.6 is 0 Å². The number of aliphatic hydroxyl groups excluding tert-OH is 1. The second kappa shape index (κ2) is 6.23. The van der Waals surface area contributed by atoms with Gasteiger partial charge in [-0.15, -0.1) is 5.10 Å². The van der Waals surface area contributed by atoms with Crippen LogP contribution in [0.25, 0.3) is 0 Å². The molecule has 0 unspecified atom stereocenters. The van der Waals surface area contributed by atoms with E-state index in [0.29, 0.717) is 19.6 Å². The summed E-state index contributed by atoms with van der Waals surface area (Å²) in [4.78, 5) is 6.24. The Morgan fingerprint density at radius 3 is 2.94 bits per heavy atom. The average Bonchev–Trinajstić information content (AvgIpc) is 2.78. The summed E-state index contributed by atoms with van der Waals surface area (Å²) in [7, 11) is 1.94. The molecule has 0 bridgehead atoms. The predicted octanol–water partition coefficient (Wildman–Crippen LogP) is 0.145. The quantitative estimate of drug-likeness (QED) is 0.787. The van der Waals surface area contributed by atoms with Crippen LogP contribution < -0.4 is 0 Å². The Balaban J connectivity index is 1.94. The molecule has 2 aromatic heterocycles. The molecule has 6 nitrogen and oxygen atoms in total. The minimum absolute atomic E-state index is 0.151. The van der Waals surface area contributed by atoms with E-state index in [1.165, 1.54) is 0 Å². The van der Waals surface area contributed by atoms with Crippen LogP contribution in [0.1, 0.15) is 11.4 Å². The van der Waals surface area contributed by atoms with Gasteiger partial charge in [-0.05, 0) is 19.2 Å². The zero-order valence-corrected chi connectivity index (χ0v) is 10.4. The zero-order valence-electron chi connectivity index (χ0n) is 10.4. The summed E-state index contributed by atoms with van der Waals surface area (Å²) < 4.78 is 1.77. The molecule has 0 aromatic carbocycles. The highest BCUT2D eigenvalue weighted by Crippen LogP contribution is 2.01. The third kappa shape index (κ3) is 3.61. The molecule has 0 radical (unpaired) electrons. The van der Waals surface area contributed by atoms with E-state index in [2.05, 4.69) is 15.3 Å². The lowest BCUT2D eigenvalue weighted by Crippen LogP contribution is -2.21. The number of aliphatic hydroxyl groups is 1. The number of hydrogen-bond donors (Lipinski definition) is 1. The minimum atomic E-state index is 0.151. The van der Waals surface area contributed by atoms with E-state index in [1.807, 2.05) is 36.3 Å². The Hall–Kier alpha value is -1.79. The maximum absolute atomic E-state index is 8.82. The molecular weight excluding hydrogens is 230 g/mol. The fourth-order valence-electron chi connectivity index (χ4n) is 1.67. The highest BCUT2D eigenvalue weighted by Gasteiger charge is 2.05.